The molecule has 0 radical (unpaired) electrons. The lowest BCUT2D eigenvalue weighted by Gasteiger charge is -2.31. The molecule has 1 saturated carbocycles. The van der Waals surface area contributed by atoms with Crippen LogP contribution >= 0.6 is 0 Å². The molecular weight excluding hydrogens is 260 g/mol. The quantitative estimate of drug-likeness (QED) is 0.934. The Morgan fingerprint density at radius 2 is 1.86 bits per heavy atom. The van der Waals surface area contributed by atoms with E-state index in [1.165, 1.54) is 12.8 Å². The van der Waals surface area contributed by atoms with Crippen LogP contribution in [0.2, 0.25) is 0 Å². The molecule has 1 aliphatic rings. The maximum atomic E-state index is 9.22. The van der Waals surface area contributed by atoms with Crippen LogP contribution in [0.5, 0.6) is 5.75 Å². The average molecular weight is 280 g/mol. The third kappa shape index (κ3) is 2.72. The van der Waals surface area contributed by atoms with E-state index in [-0.39, 0.29) is 6.10 Å². The van der Waals surface area contributed by atoms with Gasteiger partial charge in [0.1, 0.15) is 11.9 Å². The Balaban J connectivity index is 1.96. The molecule has 1 aliphatic carbocycles. The van der Waals surface area contributed by atoms with E-state index in [1.807, 2.05) is 36.4 Å². The average Bonchev–Trinajstić information content (AvgIpc) is 2.55. The fourth-order valence-electron chi connectivity index (χ4n) is 3.23. The fourth-order valence-corrected chi connectivity index (χ4v) is 3.23. The van der Waals surface area contributed by atoms with Crippen molar-refractivity contribution in [2.45, 2.75) is 31.8 Å². The Hall–Kier alpha value is -2.05. The number of fused-ring (bicyclic) bond motifs is 1. The van der Waals surface area contributed by atoms with Crippen LogP contribution in [0.1, 0.15) is 31.2 Å². The minimum atomic E-state index is 0.195. The highest BCUT2D eigenvalue weighted by Crippen LogP contribution is 2.33. The molecule has 0 heterocycles. The van der Waals surface area contributed by atoms with Gasteiger partial charge in [-0.25, -0.2) is 0 Å². The van der Waals surface area contributed by atoms with Crippen molar-refractivity contribution in [3.05, 3.63) is 42.0 Å². The molecule has 108 valence electrons. The van der Waals surface area contributed by atoms with E-state index in [0.717, 1.165) is 29.4 Å². The largest absolute Gasteiger partial charge is 0.489 e. The van der Waals surface area contributed by atoms with E-state index >= 15 is 0 Å². The molecule has 2 atom stereocenters. The van der Waals surface area contributed by atoms with E-state index in [9.17, 15) is 5.26 Å². The van der Waals surface area contributed by atoms with E-state index in [2.05, 4.69) is 6.07 Å². The number of hydrogen-bond acceptors (Lipinski definition) is 3. The van der Waals surface area contributed by atoms with Gasteiger partial charge in [0, 0.05) is 16.7 Å². The van der Waals surface area contributed by atoms with Crippen molar-refractivity contribution in [3.63, 3.8) is 0 Å². The molecule has 0 bridgehead atoms. The number of benzene rings is 2. The summed E-state index contributed by atoms with van der Waals surface area (Å²) in [7, 11) is 0. The summed E-state index contributed by atoms with van der Waals surface area (Å²) >= 11 is 0. The Labute approximate surface area is 125 Å². The second kappa shape index (κ2) is 6.15. The predicted octanol–water partition coefficient (Wildman–Crippen LogP) is 3.61. The monoisotopic (exact) mass is 280 g/mol. The number of nitrogens with zero attached hydrogens (tertiary/aromatic N) is 1. The SMILES string of the molecule is N#Cc1ccc(OC2CCCCC2CN)c2ccccc12. The van der Waals surface area contributed by atoms with Crippen molar-refractivity contribution in [1.29, 1.82) is 5.26 Å². The number of rotatable bonds is 3. The Bertz CT molecular complexity index is 674. The molecular formula is C18H20N2O. The van der Waals surface area contributed by atoms with Crippen molar-refractivity contribution in [1.82, 2.24) is 0 Å². The lowest BCUT2D eigenvalue weighted by atomic mass is 9.86. The molecule has 0 aliphatic heterocycles. The molecule has 3 rings (SSSR count). The van der Waals surface area contributed by atoms with Gasteiger partial charge in [0.05, 0.1) is 11.6 Å². The van der Waals surface area contributed by atoms with Crippen molar-refractivity contribution in [2.24, 2.45) is 11.7 Å². The minimum absolute atomic E-state index is 0.195. The Kier molecular flexibility index (Phi) is 4.08. The van der Waals surface area contributed by atoms with Gasteiger partial charge in [-0.2, -0.15) is 5.26 Å². The zero-order valence-electron chi connectivity index (χ0n) is 12.1. The molecule has 1 fully saturated rings. The summed E-state index contributed by atoms with van der Waals surface area (Å²) in [6.07, 6.45) is 4.86. The topological polar surface area (TPSA) is 59.0 Å². The van der Waals surface area contributed by atoms with Crippen LogP contribution in [0.3, 0.4) is 0 Å². The molecule has 2 N–H and O–H groups in total. The second-order valence-electron chi connectivity index (χ2n) is 5.71. The highest BCUT2D eigenvalue weighted by Gasteiger charge is 2.26. The zero-order chi connectivity index (χ0) is 14.7. The van der Waals surface area contributed by atoms with Gasteiger partial charge in [0.15, 0.2) is 0 Å². The van der Waals surface area contributed by atoms with Crippen LogP contribution in [0.15, 0.2) is 36.4 Å². The van der Waals surface area contributed by atoms with Crippen LogP contribution < -0.4 is 10.5 Å². The number of hydrogen-bond donors (Lipinski definition) is 1. The standard InChI is InChI=1S/C18H20N2O/c19-11-13-9-10-18(16-7-3-2-6-15(13)16)21-17-8-4-1-5-14(17)12-20/h2-3,6-7,9-10,14,17H,1,4-5,8,12,20H2. The van der Waals surface area contributed by atoms with E-state index in [1.54, 1.807) is 0 Å². The lowest BCUT2D eigenvalue weighted by Crippen LogP contribution is -2.35. The Morgan fingerprint density at radius 3 is 2.62 bits per heavy atom. The van der Waals surface area contributed by atoms with Gasteiger partial charge in [0.25, 0.3) is 0 Å². The first kappa shape index (κ1) is 13.9. The van der Waals surface area contributed by atoms with Crippen molar-refractivity contribution in [2.75, 3.05) is 6.54 Å². The summed E-state index contributed by atoms with van der Waals surface area (Å²) in [4.78, 5) is 0. The predicted molar refractivity (Wildman–Crippen MR) is 84.1 cm³/mol. The molecule has 0 saturated heterocycles. The summed E-state index contributed by atoms with van der Waals surface area (Å²) in [6, 6.07) is 13.9. The van der Waals surface area contributed by atoms with Crippen LogP contribution in [-0.4, -0.2) is 12.6 Å². The number of nitrogens with two attached hydrogens (primary N) is 1. The molecule has 3 heteroatoms. The van der Waals surface area contributed by atoms with Crippen LogP contribution in [0.25, 0.3) is 10.8 Å². The van der Waals surface area contributed by atoms with Crippen LogP contribution in [-0.2, 0) is 0 Å². The number of nitriles is 1. The first-order valence-corrected chi connectivity index (χ1v) is 7.62. The van der Waals surface area contributed by atoms with Gasteiger partial charge < -0.3 is 10.5 Å². The first-order valence-electron chi connectivity index (χ1n) is 7.62. The maximum Gasteiger partial charge on any atom is 0.127 e. The van der Waals surface area contributed by atoms with Crippen molar-refractivity contribution < 1.29 is 4.74 Å². The van der Waals surface area contributed by atoms with Gasteiger partial charge in [-0.05, 0) is 37.9 Å². The van der Waals surface area contributed by atoms with Crippen molar-refractivity contribution in [3.8, 4) is 11.8 Å². The van der Waals surface area contributed by atoms with E-state index < -0.39 is 0 Å². The second-order valence-corrected chi connectivity index (χ2v) is 5.71. The Morgan fingerprint density at radius 1 is 1.10 bits per heavy atom. The zero-order valence-corrected chi connectivity index (χ0v) is 12.1. The summed E-state index contributed by atoms with van der Waals surface area (Å²) in [5.74, 6) is 1.31. The fraction of sp³-hybridized carbons (Fsp3) is 0.389. The molecule has 0 aromatic heterocycles. The lowest BCUT2D eigenvalue weighted by molar-refractivity contribution is 0.0986. The maximum absolute atomic E-state index is 9.22. The highest BCUT2D eigenvalue weighted by atomic mass is 16.5. The van der Waals surface area contributed by atoms with E-state index in [0.29, 0.717) is 18.0 Å². The molecule has 21 heavy (non-hydrogen) atoms. The molecule has 2 unspecified atom stereocenters. The molecule has 0 spiro atoms. The summed E-state index contributed by atoms with van der Waals surface area (Å²) in [5, 5.41) is 11.2. The summed E-state index contributed by atoms with van der Waals surface area (Å²) < 4.78 is 6.28. The molecule has 0 amide bonds. The summed E-state index contributed by atoms with van der Waals surface area (Å²) in [6.45, 7) is 0.679. The smallest absolute Gasteiger partial charge is 0.127 e. The van der Waals surface area contributed by atoms with Crippen LogP contribution in [0, 0.1) is 17.2 Å². The highest BCUT2D eigenvalue weighted by molar-refractivity contribution is 5.92. The van der Waals surface area contributed by atoms with E-state index in [4.69, 9.17) is 10.5 Å². The normalized spacial score (nSPS) is 21.9. The molecule has 2 aromatic rings. The molecule has 2 aromatic carbocycles. The first-order chi connectivity index (χ1) is 10.3. The van der Waals surface area contributed by atoms with Gasteiger partial charge in [-0.15, -0.1) is 0 Å². The molecule has 3 nitrogen and oxygen atoms in total. The number of ether oxygens (including phenoxy) is 1. The van der Waals surface area contributed by atoms with Crippen molar-refractivity contribution >= 4 is 10.8 Å². The third-order valence-corrected chi connectivity index (χ3v) is 4.42. The van der Waals surface area contributed by atoms with Gasteiger partial charge >= 0.3 is 0 Å². The minimum Gasteiger partial charge on any atom is -0.489 e. The van der Waals surface area contributed by atoms with Gasteiger partial charge in [-0.1, -0.05) is 30.7 Å². The van der Waals surface area contributed by atoms with Gasteiger partial charge in [-0.3, -0.25) is 0 Å². The third-order valence-electron chi connectivity index (χ3n) is 4.42. The summed E-state index contributed by atoms with van der Waals surface area (Å²) in [5.41, 5.74) is 6.57. The van der Waals surface area contributed by atoms with Crippen LogP contribution in [0.4, 0.5) is 0 Å². The van der Waals surface area contributed by atoms with Gasteiger partial charge in [0.2, 0.25) is 0 Å².